The molecule has 0 bridgehead atoms. The van der Waals surface area contributed by atoms with Crippen LogP contribution >= 0.6 is 15.9 Å². The number of rotatable bonds is 8. The van der Waals surface area contributed by atoms with E-state index >= 15 is 0 Å². The molecule has 12 heteroatoms. The van der Waals surface area contributed by atoms with Crippen molar-refractivity contribution < 1.29 is 37.4 Å². The average molecular weight is 588 g/mol. The molecule has 0 radical (unpaired) electrons. The quantitative estimate of drug-likeness (QED) is 0.485. The van der Waals surface area contributed by atoms with Crippen molar-refractivity contribution in [3.05, 3.63) is 64.1 Å². The highest BCUT2D eigenvalue weighted by atomic mass is 79.9. The topological polar surface area (TPSA) is 99.2 Å². The summed E-state index contributed by atoms with van der Waals surface area (Å²) >= 11 is 3.44. The van der Waals surface area contributed by atoms with Gasteiger partial charge in [-0.15, -0.1) is 0 Å². The molecular weight excluding hydrogens is 559 g/mol. The molecule has 1 saturated heterocycles. The predicted octanol–water partition coefficient (Wildman–Crippen LogP) is 3.95. The van der Waals surface area contributed by atoms with Gasteiger partial charge in [-0.05, 0) is 48.9 Å². The second-order valence-electron chi connectivity index (χ2n) is 7.99. The first-order chi connectivity index (χ1) is 17.5. The Morgan fingerprint density at radius 3 is 2.14 bits per heavy atom. The van der Waals surface area contributed by atoms with E-state index in [1.165, 1.54) is 0 Å². The zero-order valence-corrected chi connectivity index (χ0v) is 21.8. The van der Waals surface area contributed by atoms with Crippen LogP contribution in [0.1, 0.15) is 29.3 Å². The van der Waals surface area contributed by atoms with Crippen LogP contribution in [0.25, 0.3) is 0 Å². The number of benzene rings is 2. The van der Waals surface area contributed by atoms with Crippen LogP contribution in [0.2, 0.25) is 0 Å². The number of hydrogen-bond acceptors (Lipinski definition) is 5. The minimum Gasteiger partial charge on any atom is -0.494 e. The Labute approximate surface area is 221 Å². The summed E-state index contributed by atoms with van der Waals surface area (Å²) < 4.78 is 38.2. The van der Waals surface area contributed by atoms with Crippen LogP contribution in [0.4, 0.5) is 13.2 Å². The van der Waals surface area contributed by atoms with Gasteiger partial charge in [0.2, 0.25) is 5.91 Å². The van der Waals surface area contributed by atoms with Crippen LogP contribution in [0.3, 0.4) is 0 Å². The zero-order valence-electron chi connectivity index (χ0n) is 20.3. The van der Waals surface area contributed by atoms with Crippen LogP contribution in [0.5, 0.6) is 5.75 Å². The van der Waals surface area contributed by atoms with Crippen molar-refractivity contribution >= 4 is 33.7 Å². The van der Waals surface area contributed by atoms with Crippen LogP contribution in [0.15, 0.2) is 53.0 Å². The SMILES string of the molecule is CCOc1ccc(C(=O)N(CCC(=O)N2CCNCC2)Cc2ccc(Br)cc2)cc1.O=C(O)C(F)(F)F. The smallest absolute Gasteiger partial charge is 0.490 e. The molecule has 0 aromatic heterocycles. The normalized spacial score (nSPS) is 13.3. The van der Waals surface area contributed by atoms with Gasteiger partial charge in [0.05, 0.1) is 6.61 Å². The second-order valence-corrected chi connectivity index (χ2v) is 8.91. The van der Waals surface area contributed by atoms with Crippen LogP contribution in [-0.2, 0) is 16.1 Å². The number of carboxylic acids is 1. The lowest BCUT2D eigenvalue weighted by molar-refractivity contribution is -0.192. The van der Waals surface area contributed by atoms with Gasteiger partial charge in [0.1, 0.15) is 5.75 Å². The van der Waals surface area contributed by atoms with Gasteiger partial charge in [-0.1, -0.05) is 28.1 Å². The van der Waals surface area contributed by atoms with Gasteiger partial charge in [0, 0.05) is 55.7 Å². The number of ether oxygens (including phenoxy) is 1. The summed E-state index contributed by atoms with van der Waals surface area (Å²) in [7, 11) is 0. The number of amides is 2. The van der Waals surface area contributed by atoms with Crippen molar-refractivity contribution in [2.75, 3.05) is 39.3 Å². The van der Waals surface area contributed by atoms with Gasteiger partial charge < -0.3 is 25.0 Å². The van der Waals surface area contributed by atoms with Crippen molar-refractivity contribution in [1.82, 2.24) is 15.1 Å². The molecule has 2 N–H and O–H groups in total. The molecule has 0 unspecified atom stereocenters. The number of piperazine rings is 1. The molecule has 3 rings (SSSR count). The summed E-state index contributed by atoms with van der Waals surface area (Å²) in [5, 5.41) is 10.4. The van der Waals surface area contributed by atoms with Gasteiger partial charge in [-0.3, -0.25) is 9.59 Å². The van der Waals surface area contributed by atoms with Gasteiger partial charge in [-0.2, -0.15) is 13.2 Å². The molecular formula is C25H29BrF3N3O5. The molecule has 2 amide bonds. The molecule has 37 heavy (non-hydrogen) atoms. The Morgan fingerprint density at radius 1 is 1.05 bits per heavy atom. The average Bonchev–Trinajstić information content (AvgIpc) is 2.88. The Morgan fingerprint density at radius 2 is 1.62 bits per heavy atom. The van der Waals surface area contributed by atoms with E-state index in [9.17, 15) is 22.8 Å². The minimum absolute atomic E-state index is 0.0888. The second kappa shape index (κ2) is 14.6. The largest absolute Gasteiger partial charge is 0.494 e. The molecule has 2 aromatic rings. The standard InChI is InChI=1S/C23H28BrN3O3.C2HF3O2/c1-2-30-21-9-5-19(6-10-21)23(29)27(17-18-3-7-20(24)8-4-18)14-11-22(28)26-15-12-25-13-16-26;3-2(4,5)1(6)7/h3-10,25H,2,11-17H2,1H3;(H,6,7). The Kier molecular flexibility index (Phi) is 11.9. The van der Waals surface area contributed by atoms with Crippen LogP contribution < -0.4 is 10.1 Å². The molecule has 2 aromatic carbocycles. The molecule has 1 fully saturated rings. The summed E-state index contributed by atoms with van der Waals surface area (Å²) in [5.74, 6) is -2.01. The Hall–Kier alpha value is -3.12. The molecule has 202 valence electrons. The first-order valence-electron chi connectivity index (χ1n) is 11.6. The lowest BCUT2D eigenvalue weighted by Gasteiger charge is -2.29. The number of nitrogens with one attached hydrogen (secondary N) is 1. The van der Waals surface area contributed by atoms with Crippen molar-refractivity contribution in [3.63, 3.8) is 0 Å². The van der Waals surface area contributed by atoms with Gasteiger partial charge >= 0.3 is 12.1 Å². The number of carbonyl (C=O) groups is 3. The summed E-state index contributed by atoms with van der Waals surface area (Å²) in [6.07, 6.45) is -4.76. The van der Waals surface area contributed by atoms with Crippen LogP contribution in [0, 0.1) is 0 Å². The van der Waals surface area contributed by atoms with Crippen molar-refractivity contribution in [2.45, 2.75) is 26.1 Å². The van der Waals surface area contributed by atoms with Crippen molar-refractivity contribution in [2.24, 2.45) is 0 Å². The fourth-order valence-electron chi connectivity index (χ4n) is 3.41. The molecule has 8 nitrogen and oxygen atoms in total. The highest BCUT2D eigenvalue weighted by molar-refractivity contribution is 9.10. The molecule has 0 atom stereocenters. The highest BCUT2D eigenvalue weighted by Crippen LogP contribution is 2.17. The number of carbonyl (C=O) groups excluding carboxylic acids is 2. The number of hydrogen-bond donors (Lipinski definition) is 2. The number of aliphatic carboxylic acids is 1. The molecule has 1 aliphatic rings. The van der Waals surface area contributed by atoms with E-state index in [1.807, 2.05) is 36.1 Å². The van der Waals surface area contributed by atoms with E-state index in [0.717, 1.165) is 42.0 Å². The lowest BCUT2D eigenvalue weighted by atomic mass is 10.1. The first-order valence-corrected chi connectivity index (χ1v) is 12.4. The van der Waals surface area contributed by atoms with Crippen molar-refractivity contribution in [1.29, 1.82) is 0 Å². The van der Waals surface area contributed by atoms with E-state index in [4.69, 9.17) is 14.6 Å². The number of halogens is 4. The third-order valence-electron chi connectivity index (χ3n) is 5.29. The Bertz CT molecular complexity index is 1030. The Balaban J connectivity index is 0.000000604. The molecule has 1 heterocycles. The number of carboxylic acid groups (broad SMARTS) is 1. The lowest BCUT2D eigenvalue weighted by Crippen LogP contribution is -2.47. The summed E-state index contributed by atoms with van der Waals surface area (Å²) in [4.78, 5) is 38.3. The van der Waals surface area contributed by atoms with E-state index in [2.05, 4.69) is 21.2 Å². The molecule has 0 saturated carbocycles. The van der Waals surface area contributed by atoms with Gasteiger partial charge in [0.25, 0.3) is 5.91 Å². The van der Waals surface area contributed by atoms with E-state index in [1.54, 1.807) is 29.2 Å². The summed E-state index contributed by atoms with van der Waals surface area (Å²) in [5.41, 5.74) is 1.61. The van der Waals surface area contributed by atoms with Gasteiger partial charge in [0.15, 0.2) is 0 Å². The van der Waals surface area contributed by atoms with Gasteiger partial charge in [-0.25, -0.2) is 4.79 Å². The third kappa shape index (κ3) is 10.4. The maximum absolute atomic E-state index is 13.2. The van der Waals surface area contributed by atoms with Crippen molar-refractivity contribution in [3.8, 4) is 5.75 Å². The first kappa shape index (κ1) is 30.1. The molecule has 0 aliphatic carbocycles. The zero-order chi connectivity index (χ0) is 27.4. The summed E-state index contributed by atoms with van der Waals surface area (Å²) in [6, 6.07) is 15.1. The third-order valence-corrected chi connectivity index (χ3v) is 5.82. The maximum Gasteiger partial charge on any atom is 0.490 e. The van der Waals surface area contributed by atoms with E-state index < -0.39 is 12.1 Å². The van der Waals surface area contributed by atoms with E-state index in [0.29, 0.717) is 31.7 Å². The minimum atomic E-state index is -5.08. The molecule has 0 spiro atoms. The maximum atomic E-state index is 13.2. The predicted molar refractivity (Wildman–Crippen MR) is 134 cm³/mol. The fourth-order valence-corrected chi connectivity index (χ4v) is 3.67. The van der Waals surface area contributed by atoms with E-state index in [-0.39, 0.29) is 11.8 Å². The molecule has 1 aliphatic heterocycles. The fraction of sp³-hybridized carbons (Fsp3) is 0.400. The number of nitrogens with zero attached hydrogens (tertiary/aromatic N) is 2. The summed E-state index contributed by atoms with van der Waals surface area (Å²) in [6.45, 7) is 6.42. The monoisotopic (exact) mass is 587 g/mol. The number of alkyl halides is 3. The van der Waals surface area contributed by atoms with Crippen LogP contribution in [-0.4, -0.2) is 78.2 Å². The highest BCUT2D eigenvalue weighted by Gasteiger charge is 2.38.